The van der Waals surface area contributed by atoms with E-state index in [2.05, 4.69) is 0 Å². The molecule has 0 aromatic heterocycles. The first-order chi connectivity index (χ1) is 8.80. The molecule has 0 spiro atoms. The summed E-state index contributed by atoms with van der Waals surface area (Å²) in [5, 5.41) is 9.37. The lowest BCUT2D eigenvalue weighted by Crippen LogP contribution is -2.24. The summed E-state index contributed by atoms with van der Waals surface area (Å²) in [6, 6.07) is 5.62. The fourth-order valence-electron chi connectivity index (χ4n) is 3.40. The Morgan fingerprint density at radius 3 is 2.78 bits per heavy atom. The van der Waals surface area contributed by atoms with Crippen LogP contribution in [0.2, 0.25) is 0 Å². The molecule has 2 fully saturated rings. The third kappa shape index (κ3) is 2.07. The maximum absolute atomic E-state index is 9.37. The number of benzene rings is 1. The number of hydrogen-bond donors (Lipinski definition) is 1. The van der Waals surface area contributed by atoms with Crippen LogP contribution in [0.5, 0.6) is 11.5 Å². The van der Waals surface area contributed by atoms with Crippen LogP contribution in [0.15, 0.2) is 18.2 Å². The summed E-state index contributed by atoms with van der Waals surface area (Å²) >= 11 is 0. The lowest BCUT2D eigenvalue weighted by molar-refractivity contribution is 0.133. The summed E-state index contributed by atoms with van der Waals surface area (Å²) in [5.74, 6) is 3.15. The second-order valence-corrected chi connectivity index (χ2v) is 5.46. The van der Waals surface area contributed by atoms with Crippen LogP contribution in [0.4, 0.5) is 0 Å². The molecule has 0 saturated heterocycles. The molecule has 3 atom stereocenters. The van der Waals surface area contributed by atoms with E-state index in [1.807, 2.05) is 18.2 Å². The average molecular weight is 248 g/mol. The molecule has 3 heteroatoms. The van der Waals surface area contributed by atoms with Crippen molar-refractivity contribution in [2.45, 2.75) is 38.4 Å². The first-order valence-corrected chi connectivity index (χ1v) is 6.74. The Hall–Kier alpha value is -1.22. The lowest BCUT2D eigenvalue weighted by atomic mass is 9.97. The number of methoxy groups -OCH3 is 1. The molecule has 98 valence electrons. The standard InChI is InChI=1S/C15H20O3/c1-17-13-5-4-12(9-16)15(8-13)18-14-7-10-2-3-11(14)6-10/h4-5,8,10-11,14,16H,2-3,6-7,9H2,1H3. The van der Waals surface area contributed by atoms with Gasteiger partial charge in [-0.3, -0.25) is 0 Å². The number of hydrogen-bond acceptors (Lipinski definition) is 3. The Labute approximate surface area is 108 Å². The fourth-order valence-corrected chi connectivity index (χ4v) is 3.40. The van der Waals surface area contributed by atoms with Crippen molar-refractivity contribution in [1.82, 2.24) is 0 Å². The van der Waals surface area contributed by atoms with Crippen molar-refractivity contribution >= 4 is 0 Å². The van der Waals surface area contributed by atoms with Gasteiger partial charge in [-0.05, 0) is 49.7 Å². The quantitative estimate of drug-likeness (QED) is 0.890. The SMILES string of the molecule is COc1ccc(CO)c(OC2CC3CCC2C3)c1. The monoisotopic (exact) mass is 248 g/mol. The van der Waals surface area contributed by atoms with Crippen molar-refractivity contribution in [3.63, 3.8) is 0 Å². The van der Waals surface area contributed by atoms with Gasteiger partial charge in [-0.15, -0.1) is 0 Å². The van der Waals surface area contributed by atoms with Gasteiger partial charge in [0.15, 0.2) is 0 Å². The van der Waals surface area contributed by atoms with Crippen molar-refractivity contribution in [3.8, 4) is 11.5 Å². The van der Waals surface area contributed by atoms with Crippen LogP contribution in [0, 0.1) is 11.8 Å². The molecule has 0 aliphatic heterocycles. The molecule has 0 heterocycles. The highest BCUT2D eigenvalue weighted by molar-refractivity contribution is 5.40. The third-order valence-corrected chi connectivity index (χ3v) is 4.40. The molecule has 0 amide bonds. The first kappa shape index (κ1) is 11.8. The Kier molecular flexibility index (Phi) is 3.16. The van der Waals surface area contributed by atoms with Gasteiger partial charge in [-0.2, -0.15) is 0 Å². The van der Waals surface area contributed by atoms with Gasteiger partial charge >= 0.3 is 0 Å². The van der Waals surface area contributed by atoms with E-state index >= 15 is 0 Å². The summed E-state index contributed by atoms with van der Waals surface area (Å²) in [6.45, 7) is 0.0140. The average Bonchev–Trinajstić information content (AvgIpc) is 3.01. The highest BCUT2D eigenvalue weighted by Crippen LogP contribution is 2.46. The van der Waals surface area contributed by atoms with Gasteiger partial charge in [-0.25, -0.2) is 0 Å². The maximum Gasteiger partial charge on any atom is 0.128 e. The smallest absolute Gasteiger partial charge is 0.128 e. The summed E-state index contributed by atoms with van der Waals surface area (Å²) in [5.41, 5.74) is 0.846. The molecule has 3 rings (SSSR count). The van der Waals surface area contributed by atoms with Gasteiger partial charge in [0.1, 0.15) is 17.6 Å². The van der Waals surface area contributed by atoms with Gasteiger partial charge in [0.2, 0.25) is 0 Å². The summed E-state index contributed by atoms with van der Waals surface area (Å²) in [6.07, 6.45) is 5.50. The highest BCUT2D eigenvalue weighted by Gasteiger charge is 2.41. The van der Waals surface area contributed by atoms with Crippen LogP contribution in [0.25, 0.3) is 0 Å². The second-order valence-electron chi connectivity index (χ2n) is 5.46. The van der Waals surface area contributed by atoms with Gasteiger partial charge in [-0.1, -0.05) is 0 Å². The van der Waals surface area contributed by atoms with Crippen molar-refractivity contribution in [2.24, 2.45) is 11.8 Å². The largest absolute Gasteiger partial charge is 0.497 e. The van der Waals surface area contributed by atoms with Gasteiger partial charge in [0.25, 0.3) is 0 Å². The molecule has 2 aliphatic rings. The van der Waals surface area contributed by atoms with Crippen LogP contribution >= 0.6 is 0 Å². The first-order valence-electron chi connectivity index (χ1n) is 6.74. The van der Waals surface area contributed by atoms with Gasteiger partial charge < -0.3 is 14.6 Å². The Morgan fingerprint density at radius 2 is 2.17 bits per heavy atom. The summed E-state index contributed by atoms with van der Waals surface area (Å²) in [7, 11) is 1.65. The lowest BCUT2D eigenvalue weighted by Gasteiger charge is -2.24. The van der Waals surface area contributed by atoms with Gasteiger partial charge in [0, 0.05) is 11.6 Å². The minimum absolute atomic E-state index is 0.0140. The van der Waals surface area contributed by atoms with E-state index in [-0.39, 0.29) is 6.61 Å². The molecule has 1 N–H and O–H groups in total. The van der Waals surface area contributed by atoms with Crippen LogP contribution in [-0.4, -0.2) is 18.3 Å². The Bertz CT molecular complexity index is 430. The van der Waals surface area contributed by atoms with E-state index in [0.29, 0.717) is 12.0 Å². The minimum atomic E-state index is 0.0140. The van der Waals surface area contributed by atoms with Crippen molar-refractivity contribution < 1.29 is 14.6 Å². The Morgan fingerprint density at radius 1 is 1.28 bits per heavy atom. The highest BCUT2D eigenvalue weighted by atomic mass is 16.5. The number of fused-ring (bicyclic) bond motifs is 2. The fraction of sp³-hybridized carbons (Fsp3) is 0.600. The second kappa shape index (κ2) is 4.81. The predicted molar refractivity (Wildman–Crippen MR) is 68.8 cm³/mol. The molecular formula is C15H20O3. The zero-order valence-electron chi connectivity index (χ0n) is 10.8. The van der Waals surface area contributed by atoms with Crippen molar-refractivity contribution in [1.29, 1.82) is 0 Å². The number of ether oxygens (including phenoxy) is 2. The van der Waals surface area contributed by atoms with E-state index in [1.165, 1.54) is 25.7 Å². The van der Waals surface area contributed by atoms with Crippen LogP contribution in [0.3, 0.4) is 0 Å². The number of aliphatic hydroxyl groups is 1. The molecule has 18 heavy (non-hydrogen) atoms. The van der Waals surface area contributed by atoms with E-state index in [4.69, 9.17) is 9.47 Å². The molecule has 2 saturated carbocycles. The Balaban J connectivity index is 1.78. The molecule has 0 radical (unpaired) electrons. The van der Waals surface area contributed by atoms with E-state index < -0.39 is 0 Å². The zero-order valence-corrected chi connectivity index (χ0v) is 10.8. The van der Waals surface area contributed by atoms with Crippen LogP contribution in [0.1, 0.15) is 31.2 Å². The molecule has 2 aliphatic carbocycles. The zero-order chi connectivity index (χ0) is 12.5. The molecule has 1 aromatic rings. The summed E-state index contributed by atoms with van der Waals surface area (Å²) in [4.78, 5) is 0. The third-order valence-electron chi connectivity index (χ3n) is 4.40. The predicted octanol–water partition coefficient (Wildman–Crippen LogP) is 2.75. The maximum atomic E-state index is 9.37. The molecular weight excluding hydrogens is 228 g/mol. The molecule has 1 aromatic carbocycles. The van der Waals surface area contributed by atoms with Crippen molar-refractivity contribution in [3.05, 3.63) is 23.8 Å². The van der Waals surface area contributed by atoms with Crippen LogP contribution in [-0.2, 0) is 6.61 Å². The minimum Gasteiger partial charge on any atom is -0.497 e. The molecule has 3 unspecified atom stereocenters. The van der Waals surface area contributed by atoms with Crippen LogP contribution < -0.4 is 9.47 Å². The van der Waals surface area contributed by atoms with E-state index in [9.17, 15) is 5.11 Å². The van der Waals surface area contributed by atoms with E-state index in [0.717, 1.165) is 23.0 Å². The molecule has 3 nitrogen and oxygen atoms in total. The molecule has 2 bridgehead atoms. The normalized spacial score (nSPS) is 29.6. The number of aliphatic hydroxyl groups excluding tert-OH is 1. The van der Waals surface area contributed by atoms with Gasteiger partial charge in [0.05, 0.1) is 13.7 Å². The number of rotatable bonds is 4. The van der Waals surface area contributed by atoms with E-state index in [1.54, 1.807) is 7.11 Å². The summed E-state index contributed by atoms with van der Waals surface area (Å²) < 4.78 is 11.4. The topological polar surface area (TPSA) is 38.7 Å². The van der Waals surface area contributed by atoms with Crippen molar-refractivity contribution in [2.75, 3.05) is 7.11 Å².